The number of hydrogen-bond acceptors (Lipinski definition) is 5. The Balaban J connectivity index is 2.08. The number of fused-ring (bicyclic) bond motifs is 1. The monoisotopic (exact) mass is 337 g/mol. The molecule has 0 fully saturated rings. The van der Waals surface area contributed by atoms with Crippen molar-refractivity contribution in [1.82, 2.24) is 14.8 Å². The number of carbonyl (C=O) groups is 1. The number of rotatable bonds is 2. The van der Waals surface area contributed by atoms with Gasteiger partial charge in [0.25, 0.3) is 0 Å². The van der Waals surface area contributed by atoms with Crippen molar-refractivity contribution in [2.45, 2.75) is 26.2 Å². The Hall–Kier alpha value is -1.89. The second-order valence-corrected chi connectivity index (χ2v) is 5.75. The molecular weight excluding hydrogens is 326 g/mol. The Kier molecular flexibility index (Phi) is 3.01. The molecule has 0 N–H and O–H groups in total. The first-order valence-electron chi connectivity index (χ1n) is 6.02. The minimum Gasteiger partial charge on any atom is -0.451 e. The van der Waals surface area contributed by atoms with Crippen molar-refractivity contribution in [2.24, 2.45) is 0 Å². The van der Waals surface area contributed by atoms with E-state index in [1.807, 2.05) is 12.1 Å². The normalized spacial score (nSPS) is 16.2. The van der Waals surface area contributed by atoms with E-state index in [-0.39, 0.29) is 0 Å². The van der Waals surface area contributed by atoms with E-state index in [0.717, 1.165) is 10.0 Å². The summed E-state index contributed by atoms with van der Waals surface area (Å²) in [5, 5.41) is 4.04. The molecule has 0 saturated carbocycles. The van der Waals surface area contributed by atoms with Gasteiger partial charge < -0.3 is 9.47 Å². The molecule has 0 unspecified atom stereocenters. The molecule has 1 aliphatic rings. The predicted octanol–water partition coefficient (Wildman–Crippen LogP) is 2.37. The highest BCUT2D eigenvalue weighted by molar-refractivity contribution is 9.10. The largest absolute Gasteiger partial charge is 0.451 e. The summed E-state index contributed by atoms with van der Waals surface area (Å²) in [5.74, 6) is -0.866. The molecule has 3 rings (SSSR count). The molecule has 0 aliphatic carbocycles. The van der Waals surface area contributed by atoms with Gasteiger partial charge >= 0.3 is 5.97 Å². The molecule has 0 atom stereocenters. The van der Waals surface area contributed by atoms with Crippen molar-refractivity contribution in [1.29, 1.82) is 0 Å². The fraction of sp³-hybridized carbons (Fsp3) is 0.308. The highest BCUT2D eigenvalue weighted by Crippen LogP contribution is 2.39. The molecule has 0 amide bonds. The van der Waals surface area contributed by atoms with Crippen LogP contribution in [-0.2, 0) is 11.3 Å². The first-order chi connectivity index (χ1) is 9.46. The summed E-state index contributed by atoms with van der Waals surface area (Å²) in [5.41, 5.74) is 1.20. The molecule has 0 saturated heterocycles. The molecule has 7 heteroatoms. The maximum atomic E-state index is 12.2. The van der Waals surface area contributed by atoms with E-state index in [2.05, 4.69) is 26.0 Å². The second-order valence-electron chi connectivity index (χ2n) is 4.90. The summed E-state index contributed by atoms with van der Waals surface area (Å²) in [7, 11) is 0. The highest BCUT2D eigenvalue weighted by Gasteiger charge is 2.36. The van der Waals surface area contributed by atoms with Crippen LogP contribution in [0, 0.1) is 0 Å². The molecule has 2 heterocycles. The highest BCUT2D eigenvalue weighted by atomic mass is 79.9. The Labute approximate surface area is 123 Å². The molecule has 1 aromatic heterocycles. The molecule has 0 bridgehead atoms. The van der Waals surface area contributed by atoms with Gasteiger partial charge in [0, 0.05) is 13.8 Å². The van der Waals surface area contributed by atoms with E-state index in [4.69, 9.17) is 9.47 Å². The smallest absolute Gasteiger partial charge is 0.345 e. The van der Waals surface area contributed by atoms with E-state index >= 15 is 0 Å². The standard InChI is InChI=1S/C13H12BrN3O3/c1-13(2)19-11-9(14)4-3-8(10(11)12(18)20-13)5-17-7-15-6-16-17/h3-4,6-7H,5H2,1-2H3. The van der Waals surface area contributed by atoms with Gasteiger partial charge in [-0.3, -0.25) is 0 Å². The summed E-state index contributed by atoms with van der Waals surface area (Å²) in [4.78, 5) is 16.1. The minimum atomic E-state index is -0.974. The third kappa shape index (κ3) is 2.29. The lowest BCUT2D eigenvalue weighted by atomic mass is 10.0. The van der Waals surface area contributed by atoms with Crippen molar-refractivity contribution in [3.63, 3.8) is 0 Å². The van der Waals surface area contributed by atoms with Crippen molar-refractivity contribution >= 4 is 21.9 Å². The third-order valence-corrected chi connectivity index (χ3v) is 3.51. The van der Waals surface area contributed by atoms with E-state index in [9.17, 15) is 4.79 Å². The summed E-state index contributed by atoms with van der Waals surface area (Å²) < 4.78 is 13.4. The van der Waals surface area contributed by atoms with Crippen molar-refractivity contribution < 1.29 is 14.3 Å². The molecule has 1 aliphatic heterocycles. The third-order valence-electron chi connectivity index (χ3n) is 2.89. The lowest BCUT2D eigenvalue weighted by Crippen LogP contribution is -2.39. The minimum absolute atomic E-state index is 0.396. The number of cyclic esters (lactones) is 1. The summed E-state index contributed by atoms with van der Waals surface area (Å²) in [6.07, 6.45) is 3.04. The van der Waals surface area contributed by atoms with Gasteiger partial charge in [-0.2, -0.15) is 5.10 Å². The van der Waals surface area contributed by atoms with E-state index in [1.165, 1.54) is 6.33 Å². The lowest BCUT2D eigenvalue weighted by Gasteiger charge is -2.33. The average molecular weight is 338 g/mol. The number of hydrogen-bond donors (Lipinski definition) is 0. The maximum absolute atomic E-state index is 12.2. The van der Waals surface area contributed by atoms with Crippen LogP contribution < -0.4 is 4.74 Å². The number of nitrogens with zero attached hydrogens (tertiary/aromatic N) is 3. The van der Waals surface area contributed by atoms with Crippen LogP contribution >= 0.6 is 15.9 Å². The van der Waals surface area contributed by atoms with Crippen LogP contribution in [-0.4, -0.2) is 26.5 Å². The van der Waals surface area contributed by atoms with Crippen LogP contribution in [0.2, 0.25) is 0 Å². The molecule has 20 heavy (non-hydrogen) atoms. The number of carbonyl (C=O) groups excluding carboxylic acids is 1. The van der Waals surface area contributed by atoms with E-state index < -0.39 is 11.8 Å². The zero-order valence-electron chi connectivity index (χ0n) is 11.0. The Morgan fingerprint density at radius 3 is 2.85 bits per heavy atom. The quantitative estimate of drug-likeness (QED) is 0.787. The zero-order valence-corrected chi connectivity index (χ0v) is 12.5. The van der Waals surface area contributed by atoms with Crippen LogP contribution in [0.5, 0.6) is 5.75 Å². The average Bonchev–Trinajstić information content (AvgIpc) is 2.84. The topological polar surface area (TPSA) is 66.2 Å². The first kappa shape index (κ1) is 13.1. The number of aromatic nitrogens is 3. The van der Waals surface area contributed by atoms with Gasteiger partial charge in [0.15, 0.2) is 5.75 Å². The van der Waals surface area contributed by atoms with Crippen LogP contribution in [0.25, 0.3) is 0 Å². The Bertz CT molecular complexity index is 668. The van der Waals surface area contributed by atoms with E-state index in [1.54, 1.807) is 24.9 Å². The number of benzene rings is 1. The SMILES string of the molecule is CC1(C)OC(=O)c2c(Cn3cncn3)ccc(Br)c2O1. The van der Waals surface area contributed by atoms with Gasteiger partial charge in [-0.1, -0.05) is 6.07 Å². The van der Waals surface area contributed by atoms with Gasteiger partial charge in [-0.05, 0) is 27.6 Å². The first-order valence-corrected chi connectivity index (χ1v) is 6.82. The molecular formula is C13H12BrN3O3. The van der Waals surface area contributed by atoms with Crippen molar-refractivity contribution in [2.75, 3.05) is 0 Å². The van der Waals surface area contributed by atoms with Crippen LogP contribution in [0.1, 0.15) is 29.8 Å². The van der Waals surface area contributed by atoms with Crippen molar-refractivity contribution in [3.8, 4) is 5.75 Å². The number of esters is 1. The summed E-state index contributed by atoms with van der Waals surface area (Å²) in [6.45, 7) is 3.82. The van der Waals surface area contributed by atoms with Gasteiger partial charge in [-0.25, -0.2) is 14.5 Å². The Morgan fingerprint density at radius 1 is 1.35 bits per heavy atom. The fourth-order valence-electron chi connectivity index (χ4n) is 2.08. The molecule has 1 aromatic carbocycles. The predicted molar refractivity (Wildman–Crippen MR) is 73.4 cm³/mol. The van der Waals surface area contributed by atoms with Crippen LogP contribution in [0.15, 0.2) is 29.3 Å². The van der Waals surface area contributed by atoms with Gasteiger partial charge in [0.05, 0.1) is 11.0 Å². The van der Waals surface area contributed by atoms with Crippen LogP contribution in [0.3, 0.4) is 0 Å². The lowest BCUT2D eigenvalue weighted by molar-refractivity contribution is -0.127. The number of halogens is 1. The number of ether oxygens (including phenoxy) is 2. The summed E-state index contributed by atoms with van der Waals surface area (Å²) >= 11 is 3.41. The van der Waals surface area contributed by atoms with Gasteiger partial charge in [0.1, 0.15) is 18.2 Å². The van der Waals surface area contributed by atoms with Gasteiger partial charge in [-0.15, -0.1) is 0 Å². The van der Waals surface area contributed by atoms with Gasteiger partial charge in [0.2, 0.25) is 5.79 Å². The Morgan fingerprint density at radius 2 is 2.15 bits per heavy atom. The zero-order chi connectivity index (χ0) is 14.3. The summed E-state index contributed by atoms with van der Waals surface area (Å²) in [6, 6.07) is 3.69. The fourth-order valence-corrected chi connectivity index (χ4v) is 2.49. The molecule has 6 nitrogen and oxygen atoms in total. The maximum Gasteiger partial charge on any atom is 0.345 e. The molecule has 104 valence electrons. The van der Waals surface area contributed by atoms with E-state index in [0.29, 0.717) is 17.9 Å². The molecule has 2 aromatic rings. The van der Waals surface area contributed by atoms with Crippen LogP contribution in [0.4, 0.5) is 0 Å². The van der Waals surface area contributed by atoms with Crippen molar-refractivity contribution in [3.05, 3.63) is 40.4 Å². The molecule has 0 radical (unpaired) electrons. The second kappa shape index (κ2) is 4.59. The molecule has 0 spiro atoms.